The fourth-order valence-corrected chi connectivity index (χ4v) is 9.16. The number of rotatable bonds is 5. The van der Waals surface area contributed by atoms with E-state index >= 15 is 0 Å². The fourth-order valence-electron chi connectivity index (χ4n) is 9.16. The zero-order chi connectivity index (χ0) is 21.0. The lowest BCUT2D eigenvalue weighted by Gasteiger charge is -2.58. The number of fused-ring (bicyclic) bond motifs is 5. The molecule has 4 rings (SSSR count). The summed E-state index contributed by atoms with van der Waals surface area (Å²) in [4.78, 5) is 0. The van der Waals surface area contributed by atoms with Crippen LogP contribution < -0.4 is 0 Å². The molecule has 0 bridgehead atoms. The second-order valence-corrected chi connectivity index (χ2v) is 12.6. The molecule has 0 radical (unpaired) electrons. The molecule has 29 heavy (non-hydrogen) atoms. The minimum absolute atomic E-state index is 0.430. The van der Waals surface area contributed by atoms with Gasteiger partial charge in [-0.1, -0.05) is 53.7 Å². The average Bonchev–Trinajstić information content (AvgIpc) is 3.22. The first-order chi connectivity index (χ1) is 13.7. The molecule has 0 spiro atoms. The summed E-state index contributed by atoms with van der Waals surface area (Å²) in [5.74, 6) is 7.28. The molecule has 0 saturated heterocycles. The number of hydrogen-bond acceptors (Lipinski definition) is 1. The molecule has 0 amide bonds. The maximum Gasteiger partial charge on any atom is 0.0462 e. The van der Waals surface area contributed by atoms with Crippen LogP contribution in [0, 0.1) is 64.1 Å². The molecule has 166 valence electrons. The van der Waals surface area contributed by atoms with Crippen LogP contribution in [-0.4, -0.2) is 11.7 Å². The summed E-state index contributed by atoms with van der Waals surface area (Å²) in [7, 11) is 0. The lowest BCUT2D eigenvalue weighted by Crippen LogP contribution is -2.51. The molecule has 1 nitrogen and oxygen atoms in total. The molecule has 0 aromatic heterocycles. The smallest absolute Gasteiger partial charge is 0.0462 e. The summed E-state index contributed by atoms with van der Waals surface area (Å²) < 4.78 is 0. The highest BCUT2D eigenvalue weighted by Crippen LogP contribution is 2.69. The van der Waals surface area contributed by atoms with Crippen molar-refractivity contribution in [2.45, 2.75) is 92.9 Å². The van der Waals surface area contributed by atoms with Gasteiger partial charge in [0.1, 0.15) is 0 Å². The molecule has 1 N–H and O–H groups in total. The molecule has 1 heteroatoms. The van der Waals surface area contributed by atoms with E-state index in [2.05, 4.69) is 53.7 Å². The summed E-state index contributed by atoms with van der Waals surface area (Å²) in [5, 5.41) is 9.92. The highest BCUT2D eigenvalue weighted by atomic mass is 16.3. The highest BCUT2D eigenvalue weighted by molar-refractivity contribution is 5.12. The summed E-state index contributed by atoms with van der Waals surface area (Å²) in [6, 6.07) is 0. The van der Waals surface area contributed by atoms with Crippen LogP contribution in [-0.2, 0) is 0 Å². The maximum absolute atomic E-state index is 9.92. The van der Waals surface area contributed by atoms with E-state index in [1.807, 2.05) is 0 Å². The summed E-state index contributed by atoms with van der Waals surface area (Å²) in [6.07, 6.45) is 16.4. The van der Waals surface area contributed by atoms with Crippen molar-refractivity contribution in [3.8, 4) is 0 Å². The van der Waals surface area contributed by atoms with Crippen LogP contribution in [0.15, 0.2) is 12.2 Å². The van der Waals surface area contributed by atoms with Crippen molar-refractivity contribution in [1.82, 2.24) is 0 Å². The van der Waals surface area contributed by atoms with Crippen LogP contribution in [0.1, 0.15) is 92.9 Å². The second-order valence-electron chi connectivity index (χ2n) is 12.6. The Labute approximate surface area is 181 Å². The molecule has 0 aromatic carbocycles. The first-order valence-corrected chi connectivity index (χ1v) is 13.0. The molecule has 0 aliphatic heterocycles. The fraction of sp³-hybridized carbons (Fsp3) is 0.929. The molecule has 4 aliphatic carbocycles. The molecule has 10 atom stereocenters. The van der Waals surface area contributed by atoms with E-state index in [0.29, 0.717) is 29.3 Å². The standard InChI is InChI=1S/C28H48O/c1-18(2)19(3)7-8-20(4)23-11-12-25-22-9-10-24-21(17-29)13-15-28(24,6)26(22)14-16-27(23,25)5/h7-8,18-26,29H,9-17H2,1-6H3/b8-7-/t19?,20-,21-,22?,23?,24+,25?,26?,27-,28+/m1/s1. The maximum atomic E-state index is 9.92. The summed E-state index contributed by atoms with van der Waals surface area (Å²) in [6.45, 7) is 15.3. The second kappa shape index (κ2) is 7.99. The lowest BCUT2D eigenvalue weighted by atomic mass is 9.47. The number of aliphatic hydroxyl groups is 1. The Morgan fingerprint density at radius 2 is 1.45 bits per heavy atom. The molecule has 4 saturated carbocycles. The number of allylic oxidation sites excluding steroid dienone is 2. The first-order valence-electron chi connectivity index (χ1n) is 13.0. The van der Waals surface area contributed by atoms with Gasteiger partial charge in [-0.05, 0) is 115 Å². The van der Waals surface area contributed by atoms with Crippen LogP contribution in [0.3, 0.4) is 0 Å². The van der Waals surface area contributed by atoms with Gasteiger partial charge in [-0.15, -0.1) is 0 Å². The predicted octanol–water partition coefficient (Wildman–Crippen LogP) is 7.35. The van der Waals surface area contributed by atoms with Crippen LogP contribution in [0.4, 0.5) is 0 Å². The van der Waals surface area contributed by atoms with Crippen molar-refractivity contribution >= 4 is 0 Å². The highest BCUT2D eigenvalue weighted by Gasteiger charge is 2.61. The van der Waals surface area contributed by atoms with Gasteiger partial charge in [-0.25, -0.2) is 0 Å². The lowest BCUT2D eigenvalue weighted by molar-refractivity contribution is -0.0956. The van der Waals surface area contributed by atoms with Crippen molar-refractivity contribution in [3.05, 3.63) is 12.2 Å². The number of aliphatic hydroxyl groups excluding tert-OH is 1. The quantitative estimate of drug-likeness (QED) is 0.478. The topological polar surface area (TPSA) is 20.2 Å². The zero-order valence-corrected chi connectivity index (χ0v) is 20.2. The van der Waals surface area contributed by atoms with Gasteiger partial charge in [0.15, 0.2) is 0 Å². The normalized spacial score (nSPS) is 49.1. The van der Waals surface area contributed by atoms with Gasteiger partial charge in [-0.3, -0.25) is 0 Å². The third-order valence-corrected chi connectivity index (χ3v) is 11.3. The van der Waals surface area contributed by atoms with E-state index < -0.39 is 0 Å². The van der Waals surface area contributed by atoms with Crippen LogP contribution in [0.5, 0.6) is 0 Å². The Morgan fingerprint density at radius 3 is 2.14 bits per heavy atom. The van der Waals surface area contributed by atoms with Crippen LogP contribution in [0.25, 0.3) is 0 Å². The summed E-state index contributed by atoms with van der Waals surface area (Å²) >= 11 is 0. The molecule has 4 aliphatic rings. The minimum Gasteiger partial charge on any atom is -0.396 e. The van der Waals surface area contributed by atoms with Gasteiger partial charge < -0.3 is 5.11 Å². The van der Waals surface area contributed by atoms with Gasteiger partial charge in [0.2, 0.25) is 0 Å². The third-order valence-electron chi connectivity index (χ3n) is 11.3. The average molecular weight is 401 g/mol. The first kappa shape index (κ1) is 21.9. The van der Waals surface area contributed by atoms with E-state index in [0.717, 1.165) is 41.4 Å². The SMILES string of the molecule is CC(C)C(C)/C=C\[C@@H](C)C1CCC2C3CC[C@H]4[C@@H](CO)CC[C@]4(C)C3CC[C@@]21C. The van der Waals surface area contributed by atoms with Crippen LogP contribution >= 0.6 is 0 Å². The van der Waals surface area contributed by atoms with Crippen LogP contribution in [0.2, 0.25) is 0 Å². The van der Waals surface area contributed by atoms with E-state index in [1.54, 1.807) is 0 Å². The number of hydrogen-bond donors (Lipinski definition) is 1. The zero-order valence-electron chi connectivity index (χ0n) is 20.2. The monoisotopic (exact) mass is 400 g/mol. The Bertz CT molecular complexity index is 607. The molecular formula is C28H48O. The van der Waals surface area contributed by atoms with Crippen molar-refractivity contribution in [3.63, 3.8) is 0 Å². The Kier molecular flexibility index (Phi) is 6.04. The molecule has 0 heterocycles. The van der Waals surface area contributed by atoms with Crippen molar-refractivity contribution < 1.29 is 5.11 Å². The molecular weight excluding hydrogens is 352 g/mol. The summed E-state index contributed by atoms with van der Waals surface area (Å²) in [5.41, 5.74) is 1.08. The Hall–Kier alpha value is -0.300. The van der Waals surface area contributed by atoms with Crippen molar-refractivity contribution in [1.29, 1.82) is 0 Å². The predicted molar refractivity (Wildman–Crippen MR) is 123 cm³/mol. The van der Waals surface area contributed by atoms with E-state index in [1.165, 1.54) is 51.4 Å². The minimum atomic E-state index is 0.430. The third kappa shape index (κ3) is 3.46. The van der Waals surface area contributed by atoms with E-state index in [-0.39, 0.29) is 0 Å². The molecule has 4 fully saturated rings. The van der Waals surface area contributed by atoms with E-state index in [4.69, 9.17) is 0 Å². The van der Waals surface area contributed by atoms with Gasteiger partial charge in [0.05, 0.1) is 0 Å². The van der Waals surface area contributed by atoms with Crippen molar-refractivity contribution in [2.75, 3.05) is 6.61 Å². The van der Waals surface area contributed by atoms with Gasteiger partial charge in [-0.2, -0.15) is 0 Å². The van der Waals surface area contributed by atoms with Gasteiger partial charge in [0, 0.05) is 6.61 Å². The van der Waals surface area contributed by atoms with E-state index in [9.17, 15) is 5.11 Å². The largest absolute Gasteiger partial charge is 0.396 e. The molecule has 5 unspecified atom stereocenters. The van der Waals surface area contributed by atoms with Gasteiger partial charge >= 0.3 is 0 Å². The Morgan fingerprint density at radius 1 is 0.793 bits per heavy atom. The van der Waals surface area contributed by atoms with Crippen molar-refractivity contribution in [2.24, 2.45) is 64.1 Å². The molecule has 0 aromatic rings. The Balaban J connectivity index is 1.50. The van der Waals surface area contributed by atoms with Gasteiger partial charge in [0.25, 0.3) is 0 Å².